The van der Waals surface area contributed by atoms with E-state index < -0.39 is 15.8 Å². The normalized spacial score (nSPS) is 11.4. The number of carbonyl (C=O) groups is 1. The van der Waals surface area contributed by atoms with Crippen molar-refractivity contribution in [2.24, 2.45) is 0 Å². The highest BCUT2D eigenvalue weighted by molar-refractivity contribution is 9.10. The minimum absolute atomic E-state index is 0.0853. The van der Waals surface area contributed by atoms with E-state index in [0.717, 1.165) is 8.45 Å². The number of aldehydes is 1. The average molecular weight is 408 g/mol. The number of hydrogen-bond acceptors (Lipinski definition) is 3. The van der Waals surface area contributed by atoms with Crippen LogP contribution in [0.1, 0.15) is 10.4 Å². The lowest BCUT2D eigenvalue weighted by atomic mass is 10.1. The van der Waals surface area contributed by atoms with Crippen LogP contribution in [0.25, 0.3) is 11.3 Å². The molecule has 0 N–H and O–H groups in total. The Morgan fingerprint density at radius 3 is 2.21 bits per heavy atom. The lowest BCUT2D eigenvalue weighted by Gasteiger charge is -2.11. The molecule has 3 aromatic rings. The van der Waals surface area contributed by atoms with Crippen LogP contribution in [0.2, 0.25) is 0 Å². The average Bonchev–Trinajstić information content (AvgIpc) is 3.01. The number of rotatable bonds is 4. The van der Waals surface area contributed by atoms with Gasteiger partial charge >= 0.3 is 0 Å². The lowest BCUT2D eigenvalue weighted by molar-refractivity contribution is 0.112. The molecule has 0 saturated carbocycles. The van der Waals surface area contributed by atoms with E-state index in [2.05, 4.69) is 15.9 Å². The maximum absolute atomic E-state index is 13.1. The summed E-state index contributed by atoms with van der Waals surface area (Å²) in [5.74, 6) is -0.428. The summed E-state index contributed by atoms with van der Waals surface area (Å²) < 4.78 is 40.7. The van der Waals surface area contributed by atoms with Gasteiger partial charge in [-0.15, -0.1) is 0 Å². The van der Waals surface area contributed by atoms with Crippen LogP contribution in [0, 0.1) is 5.82 Å². The Labute approximate surface area is 146 Å². The Kier molecular flexibility index (Phi) is 4.38. The van der Waals surface area contributed by atoms with Crippen LogP contribution in [-0.4, -0.2) is 18.7 Å². The summed E-state index contributed by atoms with van der Waals surface area (Å²) in [7, 11) is -3.89. The highest BCUT2D eigenvalue weighted by atomic mass is 79.9. The largest absolute Gasteiger partial charge is 0.298 e. The van der Waals surface area contributed by atoms with Crippen molar-refractivity contribution in [1.29, 1.82) is 0 Å². The monoisotopic (exact) mass is 407 g/mol. The van der Waals surface area contributed by atoms with Crippen LogP contribution < -0.4 is 0 Å². The first-order valence-electron chi connectivity index (χ1n) is 6.86. The Balaban J connectivity index is 2.20. The standard InChI is InChI=1S/C17H11BrFNO3S/c18-14-3-7-16(8-4-14)24(22,23)20-10-12(11-21)9-17(20)13-1-5-15(19)6-2-13/h1-11H. The molecule has 1 heterocycles. The fraction of sp³-hybridized carbons (Fsp3) is 0. The topological polar surface area (TPSA) is 56.1 Å². The molecule has 4 nitrogen and oxygen atoms in total. The van der Waals surface area contributed by atoms with Crippen LogP contribution in [0.5, 0.6) is 0 Å². The summed E-state index contributed by atoms with van der Waals surface area (Å²) in [6, 6.07) is 13.0. The Hall–Kier alpha value is -2.25. The number of nitrogens with zero attached hydrogens (tertiary/aromatic N) is 1. The van der Waals surface area contributed by atoms with Crippen molar-refractivity contribution in [3.63, 3.8) is 0 Å². The number of halogens is 2. The first-order chi connectivity index (χ1) is 11.4. The molecular weight excluding hydrogens is 397 g/mol. The molecular formula is C17H11BrFNO3S. The molecule has 0 aliphatic rings. The third-order valence-electron chi connectivity index (χ3n) is 3.45. The van der Waals surface area contributed by atoms with E-state index in [1.54, 1.807) is 12.1 Å². The molecule has 0 amide bonds. The number of benzene rings is 2. The summed E-state index contributed by atoms with van der Waals surface area (Å²) >= 11 is 3.26. The Morgan fingerprint density at radius 1 is 1.00 bits per heavy atom. The third kappa shape index (κ3) is 3.05. The maximum Gasteiger partial charge on any atom is 0.268 e. The second-order valence-corrected chi connectivity index (χ2v) is 7.77. The van der Waals surface area contributed by atoms with Gasteiger partial charge in [-0.3, -0.25) is 4.79 Å². The van der Waals surface area contributed by atoms with Gasteiger partial charge in [0.2, 0.25) is 0 Å². The highest BCUT2D eigenvalue weighted by Crippen LogP contribution is 2.27. The zero-order chi connectivity index (χ0) is 17.3. The molecule has 0 unspecified atom stereocenters. The Bertz CT molecular complexity index is 993. The maximum atomic E-state index is 13.1. The summed E-state index contributed by atoms with van der Waals surface area (Å²) in [5, 5.41) is 0. The molecule has 0 aliphatic heterocycles. The predicted octanol–water partition coefficient (Wildman–Crippen LogP) is 4.11. The van der Waals surface area contributed by atoms with Crippen LogP contribution in [0.3, 0.4) is 0 Å². The summed E-state index contributed by atoms with van der Waals surface area (Å²) in [4.78, 5) is 11.2. The van der Waals surface area contributed by atoms with Gasteiger partial charge in [0.1, 0.15) is 5.82 Å². The molecule has 0 aliphatic carbocycles. The number of hydrogen-bond donors (Lipinski definition) is 0. The second-order valence-electron chi connectivity index (χ2n) is 5.04. The first-order valence-corrected chi connectivity index (χ1v) is 9.10. The van der Waals surface area contributed by atoms with Gasteiger partial charge in [0.25, 0.3) is 10.0 Å². The van der Waals surface area contributed by atoms with Gasteiger partial charge in [0.05, 0.1) is 10.6 Å². The molecule has 0 fully saturated rings. The molecule has 122 valence electrons. The molecule has 0 bridgehead atoms. The minimum atomic E-state index is -3.89. The van der Waals surface area contributed by atoms with E-state index in [4.69, 9.17) is 0 Å². The van der Waals surface area contributed by atoms with E-state index in [-0.39, 0.29) is 10.5 Å². The number of carbonyl (C=O) groups excluding carboxylic acids is 1. The summed E-state index contributed by atoms with van der Waals surface area (Å²) in [6.07, 6.45) is 1.82. The fourth-order valence-electron chi connectivity index (χ4n) is 2.28. The summed E-state index contributed by atoms with van der Waals surface area (Å²) in [6.45, 7) is 0. The van der Waals surface area contributed by atoms with Gasteiger partial charge in [0, 0.05) is 16.2 Å². The van der Waals surface area contributed by atoms with Crippen molar-refractivity contribution in [3.05, 3.63) is 76.6 Å². The molecule has 0 atom stereocenters. The summed E-state index contributed by atoms with van der Waals surface area (Å²) in [5.41, 5.74) is 1.00. The van der Waals surface area contributed by atoms with Gasteiger partial charge < -0.3 is 0 Å². The van der Waals surface area contributed by atoms with Gasteiger partial charge in [-0.05, 0) is 60.2 Å². The van der Waals surface area contributed by atoms with E-state index in [1.165, 1.54) is 48.7 Å². The minimum Gasteiger partial charge on any atom is -0.298 e. The zero-order valence-electron chi connectivity index (χ0n) is 12.2. The van der Waals surface area contributed by atoms with Crippen molar-refractivity contribution in [3.8, 4) is 11.3 Å². The smallest absolute Gasteiger partial charge is 0.268 e. The van der Waals surface area contributed by atoms with Crippen molar-refractivity contribution < 1.29 is 17.6 Å². The van der Waals surface area contributed by atoms with E-state index in [0.29, 0.717) is 17.5 Å². The lowest BCUT2D eigenvalue weighted by Crippen LogP contribution is -2.13. The molecule has 0 spiro atoms. The molecule has 7 heteroatoms. The van der Waals surface area contributed by atoms with Crippen LogP contribution in [0.15, 0.2) is 70.2 Å². The van der Waals surface area contributed by atoms with Crippen molar-refractivity contribution in [2.75, 3.05) is 0 Å². The van der Waals surface area contributed by atoms with Gasteiger partial charge in [-0.25, -0.2) is 16.8 Å². The van der Waals surface area contributed by atoms with E-state index in [1.807, 2.05) is 0 Å². The molecule has 3 rings (SSSR count). The van der Waals surface area contributed by atoms with Crippen molar-refractivity contribution >= 4 is 32.2 Å². The van der Waals surface area contributed by atoms with Crippen molar-refractivity contribution in [2.45, 2.75) is 4.90 Å². The first kappa shape index (κ1) is 16.6. The van der Waals surface area contributed by atoms with Gasteiger partial charge in [-0.2, -0.15) is 0 Å². The molecule has 0 radical (unpaired) electrons. The quantitative estimate of drug-likeness (QED) is 0.611. The molecule has 24 heavy (non-hydrogen) atoms. The molecule has 1 aromatic heterocycles. The molecule has 2 aromatic carbocycles. The fourth-order valence-corrected chi connectivity index (χ4v) is 3.93. The van der Waals surface area contributed by atoms with Crippen LogP contribution in [0.4, 0.5) is 4.39 Å². The van der Waals surface area contributed by atoms with Crippen LogP contribution >= 0.6 is 15.9 Å². The predicted molar refractivity (Wildman–Crippen MR) is 91.9 cm³/mol. The van der Waals surface area contributed by atoms with E-state index >= 15 is 0 Å². The second kappa shape index (κ2) is 6.33. The number of aromatic nitrogens is 1. The van der Waals surface area contributed by atoms with E-state index in [9.17, 15) is 17.6 Å². The van der Waals surface area contributed by atoms with Crippen molar-refractivity contribution in [1.82, 2.24) is 3.97 Å². The SMILES string of the molecule is O=Cc1cc(-c2ccc(F)cc2)n(S(=O)(=O)c2ccc(Br)cc2)c1. The third-order valence-corrected chi connectivity index (χ3v) is 5.67. The van der Waals surface area contributed by atoms with Crippen LogP contribution in [-0.2, 0) is 10.0 Å². The van der Waals surface area contributed by atoms with Gasteiger partial charge in [-0.1, -0.05) is 15.9 Å². The zero-order valence-corrected chi connectivity index (χ0v) is 14.6. The van der Waals surface area contributed by atoms with Gasteiger partial charge in [0.15, 0.2) is 6.29 Å². The highest BCUT2D eigenvalue weighted by Gasteiger charge is 2.21. The molecule has 0 saturated heterocycles. The Morgan fingerprint density at radius 2 is 1.62 bits per heavy atom.